The normalized spacial score (nSPS) is 15.4. The molecule has 0 saturated carbocycles. The summed E-state index contributed by atoms with van der Waals surface area (Å²) in [5.41, 5.74) is 4.41. The average molecular weight is 202 g/mol. The van der Waals surface area contributed by atoms with Crippen molar-refractivity contribution in [3.8, 4) is 0 Å². The molecule has 72 valence electrons. The minimum Gasteiger partial charge on any atom is -0.330 e. The van der Waals surface area contributed by atoms with Gasteiger partial charge in [-0.3, -0.25) is 0 Å². The second-order valence-corrected chi connectivity index (χ2v) is 3.62. The van der Waals surface area contributed by atoms with Gasteiger partial charge >= 0.3 is 0 Å². The second-order valence-electron chi connectivity index (χ2n) is 3.22. The lowest BCUT2D eigenvalue weighted by molar-refractivity contribution is 0.181. The fraction of sp³-hybridized carbons (Fsp3) is 0.400. The summed E-state index contributed by atoms with van der Waals surface area (Å²) in [6, 6.07) is 6.93. The van der Waals surface area contributed by atoms with E-state index in [1.807, 2.05) is 0 Å². The summed E-state index contributed by atoms with van der Waals surface area (Å²) in [6.45, 7) is 1.82. The minimum atomic E-state index is -1.42. The van der Waals surface area contributed by atoms with Gasteiger partial charge in [0.15, 0.2) is 0 Å². The quantitative estimate of drug-likeness (QED) is 0.800. The van der Waals surface area contributed by atoms with E-state index in [2.05, 4.69) is 0 Å². The molecule has 0 aliphatic rings. The van der Waals surface area contributed by atoms with Gasteiger partial charge in [-0.25, -0.2) is 4.39 Å². The first-order chi connectivity index (χ1) is 6.08. The standard InChI is InChI=1S/C10H13ClFN/c1-10(12,6-7-13)8-4-2-3-5-9(8)11/h2-5H,6-7,13H2,1H3. The van der Waals surface area contributed by atoms with Gasteiger partial charge in [0.2, 0.25) is 0 Å². The van der Waals surface area contributed by atoms with Crippen molar-refractivity contribution < 1.29 is 4.39 Å². The van der Waals surface area contributed by atoms with E-state index in [1.165, 1.54) is 6.92 Å². The summed E-state index contributed by atoms with van der Waals surface area (Å²) in [4.78, 5) is 0. The molecule has 13 heavy (non-hydrogen) atoms. The lowest BCUT2D eigenvalue weighted by Gasteiger charge is -2.20. The lowest BCUT2D eigenvalue weighted by atomic mass is 9.94. The summed E-state index contributed by atoms with van der Waals surface area (Å²) in [7, 11) is 0. The molecule has 0 aliphatic heterocycles. The third kappa shape index (κ3) is 2.42. The van der Waals surface area contributed by atoms with Crippen molar-refractivity contribution in [3.63, 3.8) is 0 Å². The van der Waals surface area contributed by atoms with E-state index in [0.29, 0.717) is 17.1 Å². The molecule has 1 atom stereocenters. The number of hydrogen-bond acceptors (Lipinski definition) is 1. The van der Waals surface area contributed by atoms with Crippen molar-refractivity contribution in [2.45, 2.75) is 19.0 Å². The Kier molecular flexibility index (Phi) is 3.28. The van der Waals surface area contributed by atoms with Crippen molar-refractivity contribution >= 4 is 11.6 Å². The Morgan fingerprint density at radius 1 is 1.46 bits per heavy atom. The average Bonchev–Trinajstić information content (AvgIpc) is 2.04. The van der Waals surface area contributed by atoms with Gasteiger partial charge in [0.25, 0.3) is 0 Å². The minimum absolute atomic E-state index is 0.288. The highest BCUT2D eigenvalue weighted by Crippen LogP contribution is 2.33. The Morgan fingerprint density at radius 3 is 2.62 bits per heavy atom. The van der Waals surface area contributed by atoms with Gasteiger partial charge in [-0.05, 0) is 26.0 Å². The van der Waals surface area contributed by atoms with Crippen LogP contribution in [0.5, 0.6) is 0 Å². The molecule has 1 rings (SSSR count). The Morgan fingerprint density at radius 2 is 2.08 bits per heavy atom. The summed E-state index contributed by atoms with van der Waals surface area (Å²) >= 11 is 5.86. The van der Waals surface area contributed by atoms with Crippen LogP contribution in [0.3, 0.4) is 0 Å². The van der Waals surface area contributed by atoms with Crippen molar-refractivity contribution in [2.24, 2.45) is 5.73 Å². The molecule has 2 N–H and O–H groups in total. The molecular weight excluding hydrogens is 189 g/mol. The van der Waals surface area contributed by atoms with Gasteiger partial charge in [0.1, 0.15) is 5.67 Å². The molecule has 0 fully saturated rings. The third-order valence-corrected chi connectivity index (χ3v) is 2.38. The monoisotopic (exact) mass is 201 g/mol. The Balaban J connectivity index is 2.99. The van der Waals surface area contributed by atoms with E-state index in [4.69, 9.17) is 17.3 Å². The van der Waals surface area contributed by atoms with Crippen LogP contribution in [-0.4, -0.2) is 6.54 Å². The van der Waals surface area contributed by atoms with Crippen LogP contribution in [0.2, 0.25) is 5.02 Å². The zero-order valence-corrected chi connectivity index (χ0v) is 8.31. The highest BCUT2D eigenvalue weighted by Gasteiger charge is 2.26. The number of alkyl halides is 1. The molecule has 0 spiro atoms. The van der Waals surface area contributed by atoms with Crippen LogP contribution in [-0.2, 0) is 5.67 Å². The van der Waals surface area contributed by atoms with E-state index < -0.39 is 5.67 Å². The van der Waals surface area contributed by atoms with E-state index in [0.717, 1.165) is 0 Å². The number of nitrogens with two attached hydrogens (primary N) is 1. The molecule has 0 aromatic heterocycles. The number of rotatable bonds is 3. The van der Waals surface area contributed by atoms with Gasteiger partial charge in [-0.15, -0.1) is 0 Å². The van der Waals surface area contributed by atoms with Crippen molar-refractivity contribution in [2.75, 3.05) is 6.54 Å². The maximum Gasteiger partial charge on any atom is 0.135 e. The molecule has 0 amide bonds. The molecule has 1 aromatic carbocycles. The molecule has 0 heterocycles. The molecule has 0 saturated heterocycles. The Hall–Kier alpha value is -0.600. The van der Waals surface area contributed by atoms with Crippen LogP contribution in [0.1, 0.15) is 18.9 Å². The van der Waals surface area contributed by atoms with Gasteiger partial charge in [-0.2, -0.15) is 0 Å². The van der Waals surface area contributed by atoms with E-state index in [9.17, 15) is 4.39 Å². The van der Waals surface area contributed by atoms with Crippen LogP contribution in [0.25, 0.3) is 0 Å². The number of hydrogen-bond donors (Lipinski definition) is 1. The maximum absolute atomic E-state index is 13.9. The Labute approximate surface area is 82.7 Å². The van der Waals surface area contributed by atoms with Crippen LogP contribution in [0.4, 0.5) is 4.39 Å². The largest absolute Gasteiger partial charge is 0.330 e. The summed E-state index contributed by atoms with van der Waals surface area (Å²) < 4.78 is 13.9. The molecule has 0 radical (unpaired) electrons. The first-order valence-corrected chi connectivity index (χ1v) is 4.60. The zero-order valence-electron chi connectivity index (χ0n) is 7.56. The first-order valence-electron chi connectivity index (χ1n) is 4.22. The molecule has 0 aliphatic carbocycles. The third-order valence-electron chi connectivity index (χ3n) is 2.05. The van der Waals surface area contributed by atoms with Crippen LogP contribution >= 0.6 is 11.6 Å². The van der Waals surface area contributed by atoms with Gasteiger partial charge in [0.05, 0.1) is 0 Å². The zero-order chi connectivity index (χ0) is 9.90. The number of benzene rings is 1. The predicted octanol–water partition coefficient (Wildman–Crippen LogP) is 2.87. The summed E-state index contributed by atoms with van der Waals surface area (Å²) in [5.74, 6) is 0. The van der Waals surface area contributed by atoms with E-state index in [-0.39, 0.29) is 6.42 Å². The lowest BCUT2D eigenvalue weighted by Crippen LogP contribution is -2.20. The molecule has 3 heteroatoms. The van der Waals surface area contributed by atoms with Crippen LogP contribution in [0, 0.1) is 0 Å². The SMILES string of the molecule is CC(F)(CCN)c1ccccc1Cl. The summed E-state index contributed by atoms with van der Waals surface area (Å²) in [5, 5.41) is 0.459. The topological polar surface area (TPSA) is 26.0 Å². The smallest absolute Gasteiger partial charge is 0.135 e. The summed E-state index contributed by atoms with van der Waals surface area (Å²) in [6.07, 6.45) is 0.288. The van der Waals surface area contributed by atoms with E-state index >= 15 is 0 Å². The van der Waals surface area contributed by atoms with Crippen LogP contribution < -0.4 is 5.73 Å². The number of halogens is 2. The molecule has 0 bridgehead atoms. The van der Waals surface area contributed by atoms with Crippen molar-refractivity contribution in [3.05, 3.63) is 34.9 Å². The van der Waals surface area contributed by atoms with Gasteiger partial charge in [0, 0.05) is 10.6 Å². The first kappa shape index (κ1) is 10.5. The fourth-order valence-electron chi connectivity index (χ4n) is 1.29. The Bertz CT molecular complexity index is 286. The fourth-order valence-corrected chi connectivity index (χ4v) is 1.62. The highest BCUT2D eigenvalue weighted by atomic mass is 35.5. The van der Waals surface area contributed by atoms with Crippen molar-refractivity contribution in [1.82, 2.24) is 0 Å². The highest BCUT2D eigenvalue weighted by molar-refractivity contribution is 6.31. The predicted molar refractivity (Wildman–Crippen MR) is 53.6 cm³/mol. The molecule has 1 unspecified atom stereocenters. The van der Waals surface area contributed by atoms with Crippen molar-refractivity contribution in [1.29, 1.82) is 0 Å². The van der Waals surface area contributed by atoms with Gasteiger partial charge < -0.3 is 5.73 Å². The molecular formula is C10H13ClFN. The van der Waals surface area contributed by atoms with Gasteiger partial charge in [-0.1, -0.05) is 29.8 Å². The second kappa shape index (κ2) is 4.07. The van der Waals surface area contributed by atoms with E-state index in [1.54, 1.807) is 24.3 Å². The maximum atomic E-state index is 13.9. The van der Waals surface area contributed by atoms with Crippen LogP contribution in [0.15, 0.2) is 24.3 Å². The molecule has 1 aromatic rings. The molecule has 1 nitrogen and oxygen atoms in total.